The molecule has 7 nitrogen and oxygen atoms in total. The van der Waals surface area contributed by atoms with E-state index in [4.69, 9.17) is 30.5 Å². The predicted octanol–water partition coefficient (Wildman–Crippen LogP) is 7.59. The van der Waals surface area contributed by atoms with Gasteiger partial charge in [0.15, 0.2) is 0 Å². The Labute approximate surface area is 302 Å². The molecule has 0 unspecified atom stereocenters. The Morgan fingerprint density at radius 3 is 1.31 bits per heavy atom. The predicted molar refractivity (Wildman–Crippen MR) is 209 cm³/mol. The zero-order valence-electron chi connectivity index (χ0n) is 32.6. The van der Waals surface area contributed by atoms with Gasteiger partial charge in [-0.15, -0.1) is 0 Å². The zero-order valence-corrected chi connectivity index (χ0v) is 34.2. The van der Waals surface area contributed by atoms with E-state index in [0.29, 0.717) is 35.0 Å². The van der Waals surface area contributed by atoms with E-state index in [0.717, 1.165) is 51.9 Å². The molecule has 0 spiro atoms. The van der Waals surface area contributed by atoms with Gasteiger partial charge in [0.1, 0.15) is 42.0 Å². The Kier molecular flexibility index (Phi) is 13.4. The van der Waals surface area contributed by atoms with Gasteiger partial charge in [-0.3, -0.25) is 0 Å². The quantitative estimate of drug-likeness (QED) is 0.183. The molecule has 9 heteroatoms. The van der Waals surface area contributed by atoms with E-state index in [-0.39, 0.29) is 22.0 Å². The number of phenols is 1. The largest absolute Gasteiger partial charge is 0.507 e. The highest BCUT2D eigenvalue weighted by Gasteiger charge is 2.36. The van der Waals surface area contributed by atoms with Crippen molar-refractivity contribution in [3.63, 3.8) is 0 Å². The number of nitrogens with zero attached hydrogens (tertiary/aromatic N) is 2. The van der Waals surface area contributed by atoms with Gasteiger partial charge < -0.3 is 33.9 Å². The Hall–Kier alpha value is -2.70. The summed E-state index contributed by atoms with van der Waals surface area (Å²) in [7, 11) is 9.93. The number of hydrogen-bond donors (Lipinski definition) is 1. The average molecular weight is 715 g/mol. The van der Waals surface area contributed by atoms with Gasteiger partial charge in [-0.1, -0.05) is 73.9 Å². The van der Waals surface area contributed by atoms with Crippen molar-refractivity contribution in [3.05, 3.63) is 58.1 Å². The van der Waals surface area contributed by atoms with Crippen LogP contribution in [0.5, 0.6) is 28.7 Å². The topological polar surface area (TPSA) is 63.6 Å². The van der Waals surface area contributed by atoms with Crippen LogP contribution in [-0.2, 0) is 16.2 Å². The first-order chi connectivity index (χ1) is 22.6. The van der Waals surface area contributed by atoms with Crippen molar-refractivity contribution in [2.24, 2.45) is 0 Å². The number of likely N-dealkylation sites (N-methyl/N-ethyl adjacent to an activating group) is 2. The Bertz CT molecular complexity index is 1500. The maximum atomic E-state index is 12.3. The van der Waals surface area contributed by atoms with Crippen molar-refractivity contribution in [2.45, 2.75) is 78.6 Å². The highest BCUT2D eigenvalue weighted by molar-refractivity contribution is 7.80. The fraction of sp³-hybridized carbons (Fsp3) is 0.550. The normalized spacial score (nSPS) is 12.6. The smallest absolute Gasteiger partial charge is 0.131 e. The van der Waals surface area contributed by atoms with Gasteiger partial charge in [0, 0.05) is 50.7 Å². The van der Waals surface area contributed by atoms with Crippen LogP contribution >= 0.6 is 19.5 Å². The third kappa shape index (κ3) is 10.2. The first kappa shape index (κ1) is 40.7. The number of ether oxygens (including phenoxy) is 4. The molecule has 3 aromatic carbocycles. The highest BCUT2D eigenvalue weighted by atomic mass is 35.5. The molecule has 0 aliphatic heterocycles. The lowest BCUT2D eigenvalue weighted by Crippen LogP contribution is -2.31. The molecule has 0 aliphatic carbocycles. The van der Waals surface area contributed by atoms with E-state index >= 15 is 0 Å². The van der Waals surface area contributed by atoms with Crippen LogP contribution in [0.4, 0.5) is 0 Å². The van der Waals surface area contributed by atoms with E-state index in [2.05, 4.69) is 96.4 Å². The van der Waals surface area contributed by atoms with Crippen LogP contribution in [-0.4, -0.2) is 83.6 Å². The number of aromatic hydroxyl groups is 1. The van der Waals surface area contributed by atoms with E-state index in [1.54, 1.807) is 14.2 Å². The average Bonchev–Trinajstić information content (AvgIpc) is 2.97. The van der Waals surface area contributed by atoms with E-state index in [1.807, 2.05) is 40.3 Å². The van der Waals surface area contributed by atoms with Gasteiger partial charge in [-0.05, 0) is 88.8 Å². The first-order valence-corrected chi connectivity index (χ1v) is 18.6. The molecular formula is C40H60ClN2O5P. The molecule has 0 atom stereocenters. The second kappa shape index (κ2) is 16.1. The van der Waals surface area contributed by atoms with Crippen LogP contribution in [0.2, 0.25) is 5.02 Å². The molecular weight excluding hydrogens is 655 g/mol. The maximum Gasteiger partial charge on any atom is 0.131 e. The lowest BCUT2D eigenvalue weighted by Gasteiger charge is -2.33. The second-order valence-corrected chi connectivity index (χ2v) is 18.8. The molecule has 0 saturated heterocycles. The monoisotopic (exact) mass is 714 g/mol. The second-order valence-electron chi connectivity index (χ2n) is 16.3. The molecule has 3 aromatic rings. The maximum absolute atomic E-state index is 12.3. The van der Waals surface area contributed by atoms with Crippen molar-refractivity contribution in [2.75, 3.05) is 68.7 Å². The summed E-state index contributed by atoms with van der Waals surface area (Å²) < 4.78 is 25.6. The summed E-state index contributed by atoms with van der Waals surface area (Å²) in [6.07, 6.45) is 0. The number of hydrogen-bond acceptors (Lipinski definition) is 7. The molecule has 1 N–H and O–H groups in total. The molecule has 3 rings (SSSR count). The molecule has 0 heterocycles. The number of benzene rings is 3. The van der Waals surface area contributed by atoms with Crippen LogP contribution in [0.3, 0.4) is 0 Å². The van der Waals surface area contributed by atoms with Crippen LogP contribution in [0.25, 0.3) is 0 Å². The summed E-state index contributed by atoms with van der Waals surface area (Å²) in [4.78, 5) is 4.21. The lowest BCUT2D eigenvalue weighted by atomic mass is 9.86. The van der Waals surface area contributed by atoms with Crippen LogP contribution in [0.1, 0.15) is 79.0 Å². The molecule has 272 valence electrons. The summed E-state index contributed by atoms with van der Waals surface area (Å²) >= 11 is 6.96. The standard InChI is InChI=1S/C40H60ClN2O5P/c1-38(2,3)29-20-26(41)21-32(35(29)44)49(33-24-27(45-14)22-30(39(4,5)6)36(33)47-18-16-42(10)11)34-25-28(46-15)23-31(40(7,8)9)37(34)48-19-17-43(12)13/h20-25,44H,16-19H2,1-15H3. The van der Waals surface area contributed by atoms with Gasteiger partial charge in [0.25, 0.3) is 0 Å². The first-order valence-electron chi connectivity index (χ1n) is 16.9. The van der Waals surface area contributed by atoms with Crippen LogP contribution in [0, 0.1) is 0 Å². The van der Waals surface area contributed by atoms with Crippen molar-refractivity contribution < 1.29 is 24.1 Å². The molecule has 0 aromatic heterocycles. The van der Waals surface area contributed by atoms with Gasteiger partial charge in [-0.25, -0.2) is 0 Å². The lowest BCUT2D eigenvalue weighted by molar-refractivity contribution is 0.258. The Balaban J connectivity index is 2.67. The number of rotatable bonds is 13. The number of methoxy groups -OCH3 is 2. The van der Waals surface area contributed by atoms with Gasteiger partial charge in [0.2, 0.25) is 0 Å². The molecule has 0 fully saturated rings. The van der Waals surface area contributed by atoms with Crippen molar-refractivity contribution in [1.29, 1.82) is 0 Å². The fourth-order valence-electron chi connectivity index (χ4n) is 5.54. The SMILES string of the molecule is COc1cc(P(c2cc(Cl)cc(C(C)(C)C)c2O)c2cc(OC)cc(C(C)(C)C)c2OCCN(C)C)c(OCCN(C)C)c(C(C)(C)C)c1. The summed E-state index contributed by atoms with van der Waals surface area (Å²) in [5.41, 5.74) is 1.84. The minimum atomic E-state index is -1.59. The molecule has 0 bridgehead atoms. The van der Waals surface area contributed by atoms with Crippen molar-refractivity contribution in [3.8, 4) is 28.7 Å². The minimum Gasteiger partial charge on any atom is -0.507 e. The summed E-state index contributed by atoms with van der Waals surface area (Å²) in [6.45, 7) is 21.8. The third-order valence-corrected chi connectivity index (χ3v) is 11.0. The van der Waals surface area contributed by atoms with Gasteiger partial charge in [-0.2, -0.15) is 0 Å². The van der Waals surface area contributed by atoms with E-state index < -0.39 is 7.92 Å². The van der Waals surface area contributed by atoms with E-state index in [9.17, 15) is 5.11 Å². The summed E-state index contributed by atoms with van der Waals surface area (Å²) in [5.74, 6) is 3.18. The fourth-order valence-corrected chi connectivity index (χ4v) is 8.50. The molecule has 0 saturated carbocycles. The van der Waals surface area contributed by atoms with Crippen molar-refractivity contribution >= 4 is 35.4 Å². The molecule has 49 heavy (non-hydrogen) atoms. The Morgan fingerprint density at radius 2 is 0.980 bits per heavy atom. The molecule has 0 aliphatic rings. The number of halogens is 1. The summed E-state index contributed by atoms with van der Waals surface area (Å²) in [5, 5.41) is 15.4. The molecule has 0 radical (unpaired) electrons. The third-order valence-electron chi connectivity index (χ3n) is 8.33. The minimum absolute atomic E-state index is 0.210. The summed E-state index contributed by atoms with van der Waals surface area (Å²) in [6, 6.07) is 12.0. The van der Waals surface area contributed by atoms with Gasteiger partial charge in [0.05, 0.1) is 14.2 Å². The van der Waals surface area contributed by atoms with Crippen LogP contribution in [0.15, 0.2) is 36.4 Å². The highest BCUT2D eigenvalue weighted by Crippen LogP contribution is 2.50. The zero-order chi connectivity index (χ0) is 37.1. The van der Waals surface area contributed by atoms with Crippen molar-refractivity contribution in [1.82, 2.24) is 9.80 Å². The number of phenolic OH excluding ortho intramolecular Hbond substituents is 1. The molecule has 0 amide bonds. The van der Waals surface area contributed by atoms with Gasteiger partial charge >= 0.3 is 0 Å². The van der Waals surface area contributed by atoms with Crippen LogP contribution < -0.4 is 34.9 Å². The Morgan fingerprint density at radius 1 is 0.592 bits per heavy atom. The van der Waals surface area contributed by atoms with E-state index in [1.165, 1.54) is 0 Å².